The largest absolute Gasteiger partial charge is 0.497 e. The van der Waals surface area contributed by atoms with Crippen molar-refractivity contribution in [3.63, 3.8) is 0 Å². The maximum atomic E-state index is 13.5. The van der Waals surface area contributed by atoms with Gasteiger partial charge in [0.15, 0.2) is 0 Å². The van der Waals surface area contributed by atoms with Gasteiger partial charge in [0.05, 0.1) is 28.9 Å². The molecule has 0 atom stereocenters. The molecule has 0 radical (unpaired) electrons. The maximum absolute atomic E-state index is 13.5. The third kappa shape index (κ3) is 6.37. The molecule has 2 amide bonds. The number of hydrogen-bond acceptors (Lipinski definition) is 5. The fourth-order valence-corrected chi connectivity index (χ4v) is 5.21. The number of sulfonamides is 1. The monoisotopic (exact) mass is 529 g/mol. The third-order valence-electron chi connectivity index (χ3n) is 5.72. The first-order chi connectivity index (χ1) is 18.4. The molecular weight excluding hydrogens is 502 g/mol. The molecule has 0 spiro atoms. The van der Waals surface area contributed by atoms with Crippen molar-refractivity contribution in [2.45, 2.75) is 11.4 Å². The van der Waals surface area contributed by atoms with E-state index in [-0.39, 0.29) is 22.1 Å². The molecule has 0 unspecified atom stereocenters. The minimum atomic E-state index is -4.07. The second-order valence-corrected chi connectivity index (χ2v) is 10.1. The van der Waals surface area contributed by atoms with Crippen LogP contribution in [0.4, 0.5) is 11.4 Å². The van der Waals surface area contributed by atoms with Crippen molar-refractivity contribution in [1.29, 1.82) is 0 Å². The molecule has 4 aromatic carbocycles. The van der Waals surface area contributed by atoms with E-state index in [0.717, 1.165) is 9.87 Å². The van der Waals surface area contributed by atoms with Gasteiger partial charge in [0.1, 0.15) is 12.3 Å². The van der Waals surface area contributed by atoms with Gasteiger partial charge in [-0.15, -0.1) is 0 Å². The summed E-state index contributed by atoms with van der Waals surface area (Å²) in [7, 11) is -2.57. The zero-order valence-corrected chi connectivity index (χ0v) is 21.5. The van der Waals surface area contributed by atoms with Gasteiger partial charge in [0.25, 0.3) is 15.9 Å². The van der Waals surface area contributed by atoms with Crippen molar-refractivity contribution in [1.82, 2.24) is 5.32 Å². The topological polar surface area (TPSA) is 105 Å². The number of ether oxygens (including phenoxy) is 1. The van der Waals surface area contributed by atoms with Crippen molar-refractivity contribution >= 4 is 33.2 Å². The molecule has 38 heavy (non-hydrogen) atoms. The summed E-state index contributed by atoms with van der Waals surface area (Å²) < 4.78 is 33.2. The Bertz CT molecular complexity index is 1490. The Balaban J connectivity index is 1.56. The molecule has 8 nitrogen and oxygen atoms in total. The number of para-hydroxylation sites is 1. The summed E-state index contributed by atoms with van der Waals surface area (Å²) in [6.45, 7) is -0.188. The van der Waals surface area contributed by atoms with Crippen LogP contribution < -0.4 is 19.7 Å². The van der Waals surface area contributed by atoms with E-state index in [1.807, 2.05) is 30.3 Å². The Morgan fingerprint density at radius 3 is 2.05 bits per heavy atom. The highest BCUT2D eigenvalue weighted by Gasteiger charge is 2.27. The van der Waals surface area contributed by atoms with E-state index in [0.29, 0.717) is 18.0 Å². The minimum absolute atomic E-state index is 0.0457. The number of nitrogens with zero attached hydrogens (tertiary/aromatic N) is 1. The van der Waals surface area contributed by atoms with Crippen LogP contribution >= 0.6 is 0 Å². The summed E-state index contributed by atoms with van der Waals surface area (Å²) in [5.41, 5.74) is 1.76. The highest BCUT2D eigenvalue weighted by atomic mass is 32.2. The lowest BCUT2D eigenvalue weighted by Gasteiger charge is -2.24. The van der Waals surface area contributed by atoms with Gasteiger partial charge in [-0.3, -0.25) is 13.9 Å². The van der Waals surface area contributed by atoms with E-state index in [2.05, 4.69) is 10.6 Å². The number of nitrogens with one attached hydrogen (secondary N) is 2. The van der Waals surface area contributed by atoms with Crippen LogP contribution in [0, 0.1) is 0 Å². The number of methoxy groups -OCH3 is 1. The van der Waals surface area contributed by atoms with Crippen LogP contribution in [0.15, 0.2) is 114 Å². The Morgan fingerprint density at radius 2 is 1.39 bits per heavy atom. The zero-order valence-electron chi connectivity index (χ0n) is 20.7. The standard InChI is InChI=1S/C29H27N3O5S/c1-37-24-18-16-23(17-19-24)32(38(35,36)25-12-6-3-7-13-25)21-28(33)31-27-15-9-8-14-26(27)29(34)30-20-22-10-4-2-5-11-22/h2-19H,20-21H2,1H3,(H,30,34)(H,31,33). The SMILES string of the molecule is COc1ccc(N(CC(=O)Nc2ccccc2C(=O)NCc2ccccc2)S(=O)(=O)c2ccccc2)cc1. The number of anilines is 2. The summed E-state index contributed by atoms with van der Waals surface area (Å²) in [5.74, 6) is -0.428. The van der Waals surface area contributed by atoms with E-state index in [4.69, 9.17) is 4.74 Å². The van der Waals surface area contributed by atoms with Crippen molar-refractivity contribution < 1.29 is 22.7 Å². The Hall–Kier alpha value is -4.63. The van der Waals surface area contributed by atoms with Gasteiger partial charge < -0.3 is 15.4 Å². The van der Waals surface area contributed by atoms with Crippen LogP contribution in [0.25, 0.3) is 0 Å². The molecule has 4 rings (SSSR count). The molecule has 0 aliphatic rings. The van der Waals surface area contributed by atoms with Crippen LogP contribution in [-0.4, -0.2) is 33.9 Å². The predicted molar refractivity (Wildman–Crippen MR) is 147 cm³/mol. The Morgan fingerprint density at radius 1 is 0.789 bits per heavy atom. The molecule has 0 fully saturated rings. The Labute approximate surface area is 221 Å². The van der Waals surface area contributed by atoms with Gasteiger partial charge in [-0.1, -0.05) is 60.7 Å². The number of amides is 2. The van der Waals surface area contributed by atoms with Crippen LogP contribution in [0.1, 0.15) is 15.9 Å². The molecule has 0 aliphatic heterocycles. The van der Waals surface area contributed by atoms with Crippen molar-refractivity contribution in [3.05, 3.63) is 120 Å². The Kier molecular flexibility index (Phi) is 8.40. The maximum Gasteiger partial charge on any atom is 0.264 e. The lowest BCUT2D eigenvalue weighted by molar-refractivity contribution is -0.114. The second-order valence-electron chi connectivity index (χ2n) is 8.28. The lowest BCUT2D eigenvalue weighted by atomic mass is 10.1. The van der Waals surface area contributed by atoms with Gasteiger partial charge in [0.2, 0.25) is 5.91 Å². The summed E-state index contributed by atoms with van der Waals surface area (Å²) in [6.07, 6.45) is 0. The molecule has 0 heterocycles. The van der Waals surface area contributed by atoms with E-state index < -0.39 is 22.5 Å². The summed E-state index contributed by atoms with van der Waals surface area (Å²) in [5, 5.41) is 5.55. The van der Waals surface area contributed by atoms with Crippen molar-refractivity contribution in [3.8, 4) is 5.75 Å². The number of carbonyl (C=O) groups is 2. The normalized spacial score (nSPS) is 10.9. The molecule has 0 aromatic heterocycles. The predicted octanol–water partition coefficient (Wildman–Crippen LogP) is 4.46. The first kappa shape index (κ1) is 26.4. The fraction of sp³-hybridized carbons (Fsp3) is 0.103. The van der Waals surface area contributed by atoms with Crippen LogP contribution in [0.3, 0.4) is 0 Å². The number of rotatable bonds is 10. The molecule has 2 N–H and O–H groups in total. The first-order valence-corrected chi connectivity index (χ1v) is 13.3. The van der Waals surface area contributed by atoms with E-state index >= 15 is 0 Å². The lowest BCUT2D eigenvalue weighted by Crippen LogP contribution is -2.38. The first-order valence-electron chi connectivity index (χ1n) is 11.8. The quantitative estimate of drug-likeness (QED) is 0.316. The van der Waals surface area contributed by atoms with Gasteiger partial charge in [-0.25, -0.2) is 8.42 Å². The average molecular weight is 530 g/mol. The molecule has 4 aromatic rings. The second kappa shape index (κ2) is 12.1. The smallest absolute Gasteiger partial charge is 0.264 e. The molecule has 0 saturated carbocycles. The number of carbonyl (C=O) groups excluding carboxylic acids is 2. The molecule has 0 bridgehead atoms. The molecule has 194 valence electrons. The zero-order chi connectivity index (χ0) is 27.0. The molecule has 9 heteroatoms. The van der Waals surface area contributed by atoms with E-state index in [9.17, 15) is 18.0 Å². The van der Waals surface area contributed by atoms with Crippen molar-refractivity contribution in [2.24, 2.45) is 0 Å². The van der Waals surface area contributed by atoms with Gasteiger partial charge in [-0.2, -0.15) is 0 Å². The summed E-state index contributed by atoms with van der Waals surface area (Å²) in [6, 6.07) is 30.3. The highest BCUT2D eigenvalue weighted by Crippen LogP contribution is 2.26. The molecule has 0 aliphatic carbocycles. The van der Waals surface area contributed by atoms with Gasteiger partial charge >= 0.3 is 0 Å². The van der Waals surface area contributed by atoms with Gasteiger partial charge in [0, 0.05) is 6.54 Å². The minimum Gasteiger partial charge on any atom is -0.497 e. The molecular formula is C29H27N3O5S. The average Bonchev–Trinajstić information content (AvgIpc) is 2.96. The van der Waals surface area contributed by atoms with E-state index in [1.165, 1.54) is 19.2 Å². The highest BCUT2D eigenvalue weighted by molar-refractivity contribution is 7.92. The summed E-state index contributed by atoms with van der Waals surface area (Å²) in [4.78, 5) is 26.1. The van der Waals surface area contributed by atoms with Crippen LogP contribution in [-0.2, 0) is 21.4 Å². The van der Waals surface area contributed by atoms with Crippen LogP contribution in [0.5, 0.6) is 5.75 Å². The molecule has 0 saturated heterocycles. The number of hydrogen-bond donors (Lipinski definition) is 2. The number of benzene rings is 4. The van der Waals surface area contributed by atoms with Crippen LogP contribution in [0.2, 0.25) is 0 Å². The van der Waals surface area contributed by atoms with Gasteiger partial charge in [-0.05, 0) is 54.1 Å². The van der Waals surface area contributed by atoms with Crippen molar-refractivity contribution in [2.75, 3.05) is 23.3 Å². The third-order valence-corrected chi connectivity index (χ3v) is 7.51. The summed E-state index contributed by atoms with van der Waals surface area (Å²) >= 11 is 0. The van der Waals surface area contributed by atoms with E-state index in [1.54, 1.807) is 66.7 Å². The fourth-order valence-electron chi connectivity index (χ4n) is 3.77.